The van der Waals surface area contributed by atoms with Crippen molar-refractivity contribution in [2.24, 2.45) is 0 Å². The minimum Gasteiger partial charge on any atom is -0.481 e. The molecule has 0 saturated carbocycles. The van der Waals surface area contributed by atoms with Crippen LogP contribution in [0.4, 0.5) is 13.2 Å². The quantitative estimate of drug-likeness (QED) is 0.313. The SMILES string of the molecule is O=C(O)CC(NS(=O)(=O)c1ccc(Cc2ccc3oc(=O)cc(C(F)(F)F)c3c2)cc1)c1ccccc1. The molecule has 0 aliphatic rings. The molecule has 1 unspecified atom stereocenters. The molecule has 0 bridgehead atoms. The van der Waals surface area contributed by atoms with Crippen LogP contribution in [-0.2, 0) is 27.4 Å². The minimum absolute atomic E-state index is 0.0952. The summed E-state index contributed by atoms with van der Waals surface area (Å²) < 4.78 is 73.4. The van der Waals surface area contributed by atoms with Crippen LogP contribution in [0.15, 0.2) is 93.0 Å². The van der Waals surface area contributed by atoms with Crippen LogP contribution >= 0.6 is 0 Å². The van der Waals surface area contributed by atoms with Gasteiger partial charge in [0.15, 0.2) is 0 Å². The maximum absolute atomic E-state index is 13.4. The van der Waals surface area contributed by atoms with E-state index in [1.807, 2.05) is 0 Å². The first-order chi connectivity index (χ1) is 17.4. The van der Waals surface area contributed by atoms with E-state index in [-0.39, 0.29) is 22.3 Å². The van der Waals surface area contributed by atoms with Crippen LogP contribution in [0.25, 0.3) is 11.0 Å². The fraction of sp³-hybridized carbons (Fsp3) is 0.154. The third kappa shape index (κ3) is 6.25. The lowest BCUT2D eigenvalue weighted by Gasteiger charge is -2.17. The van der Waals surface area contributed by atoms with Crippen LogP contribution in [-0.4, -0.2) is 19.5 Å². The number of fused-ring (bicyclic) bond motifs is 1. The molecule has 0 spiro atoms. The van der Waals surface area contributed by atoms with E-state index in [9.17, 15) is 36.3 Å². The zero-order valence-electron chi connectivity index (χ0n) is 19.0. The number of sulfonamides is 1. The highest BCUT2D eigenvalue weighted by Gasteiger charge is 2.34. The molecule has 7 nitrogen and oxygen atoms in total. The van der Waals surface area contributed by atoms with E-state index in [1.54, 1.807) is 30.3 Å². The molecule has 4 aromatic rings. The molecule has 0 amide bonds. The summed E-state index contributed by atoms with van der Waals surface area (Å²) in [5, 5.41) is 8.96. The second kappa shape index (κ2) is 10.2. The predicted molar refractivity (Wildman–Crippen MR) is 128 cm³/mol. The molecular formula is C26H20F3NO6S. The van der Waals surface area contributed by atoms with Crippen LogP contribution in [0.1, 0.15) is 34.7 Å². The number of hydrogen-bond acceptors (Lipinski definition) is 5. The van der Waals surface area contributed by atoms with Crippen LogP contribution < -0.4 is 10.3 Å². The van der Waals surface area contributed by atoms with E-state index in [2.05, 4.69) is 4.72 Å². The van der Waals surface area contributed by atoms with Gasteiger partial charge in [-0.25, -0.2) is 17.9 Å². The molecule has 0 saturated heterocycles. The van der Waals surface area contributed by atoms with Gasteiger partial charge in [-0.3, -0.25) is 4.79 Å². The molecule has 0 fully saturated rings. The summed E-state index contributed by atoms with van der Waals surface area (Å²) in [5.74, 6) is -1.17. The number of halogens is 3. The topological polar surface area (TPSA) is 114 Å². The summed E-state index contributed by atoms with van der Waals surface area (Å²) in [6, 6.07) is 17.5. The normalized spacial score (nSPS) is 12.9. The van der Waals surface area contributed by atoms with E-state index in [0.717, 1.165) is 0 Å². The van der Waals surface area contributed by atoms with Crippen molar-refractivity contribution in [2.45, 2.75) is 30.0 Å². The highest BCUT2D eigenvalue weighted by molar-refractivity contribution is 7.89. The van der Waals surface area contributed by atoms with Crippen molar-refractivity contribution in [3.05, 3.63) is 112 Å². The number of carboxylic acids is 1. The van der Waals surface area contributed by atoms with Gasteiger partial charge in [0.2, 0.25) is 10.0 Å². The first-order valence-electron chi connectivity index (χ1n) is 10.9. The largest absolute Gasteiger partial charge is 0.481 e. The third-order valence-electron chi connectivity index (χ3n) is 5.63. The van der Waals surface area contributed by atoms with Crippen LogP contribution in [0.2, 0.25) is 0 Å². The Labute approximate surface area is 209 Å². The highest BCUT2D eigenvalue weighted by Crippen LogP contribution is 2.34. The van der Waals surface area contributed by atoms with Gasteiger partial charge in [-0.1, -0.05) is 48.5 Å². The molecule has 11 heteroatoms. The second-order valence-electron chi connectivity index (χ2n) is 8.31. The Morgan fingerprint density at radius 1 is 0.946 bits per heavy atom. The number of alkyl halides is 3. The van der Waals surface area contributed by atoms with Crippen molar-refractivity contribution < 1.29 is 35.9 Å². The molecule has 1 aromatic heterocycles. The molecule has 37 heavy (non-hydrogen) atoms. The summed E-state index contributed by atoms with van der Waals surface area (Å²) in [7, 11) is -4.08. The van der Waals surface area contributed by atoms with Crippen LogP contribution in [0.5, 0.6) is 0 Å². The van der Waals surface area contributed by atoms with Gasteiger partial charge in [0.1, 0.15) is 5.58 Å². The Bertz CT molecular complexity index is 1600. The van der Waals surface area contributed by atoms with Gasteiger partial charge in [0.05, 0.1) is 22.9 Å². The number of aliphatic carboxylic acids is 1. The van der Waals surface area contributed by atoms with Crippen molar-refractivity contribution >= 4 is 27.0 Å². The van der Waals surface area contributed by atoms with Gasteiger partial charge in [-0.2, -0.15) is 13.2 Å². The third-order valence-corrected chi connectivity index (χ3v) is 7.12. The average Bonchev–Trinajstić information content (AvgIpc) is 2.83. The zero-order chi connectivity index (χ0) is 26.8. The number of nitrogens with one attached hydrogen (secondary N) is 1. The number of carbonyl (C=O) groups is 1. The monoisotopic (exact) mass is 531 g/mol. The summed E-state index contributed by atoms with van der Waals surface area (Å²) >= 11 is 0. The van der Waals surface area contributed by atoms with Gasteiger partial charge in [-0.05, 0) is 47.4 Å². The zero-order valence-corrected chi connectivity index (χ0v) is 19.8. The highest BCUT2D eigenvalue weighted by atomic mass is 32.2. The Hall–Kier alpha value is -3.96. The second-order valence-corrected chi connectivity index (χ2v) is 10.0. The van der Waals surface area contributed by atoms with E-state index in [1.165, 1.54) is 42.5 Å². The molecular weight excluding hydrogens is 511 g/mol. The maximum atomic E-state index is 13.4. The van der Waals surface area contributed by atoms with E-state index >= 15 is 0 Å². The first kappa shape index (κ1) is 26.1. The predicted octanol–water partition coefficient (Wildman–Crippen LogP) is 4.90. The summed E-state index contributed by atoms with van der Waals surface area (Å²) in [4.78, 5) is 22.7. The van der Waals surface area contributed by atoms with Crippen molar-refractivity contribution in [1.82, 2.24) is 4.72 Å². The number of carboxylic acid groups (broad SMARTS) is 1. The minimum atomic E-state index is -4.74. The van der Waals surface area contributed by atoms with Gasteiger partial charge >= 0.3 is 17.8 Å². The first-order valence-corrected chi connectivity index (χ1v) is 12.4. The smallest absolute Gasteiger partial charge is 0.417 e. The van der Waals surface area contributed by atoms with Gasteiger partial charge in [0, 0.05) is 11.5 Å². The fourth-order valence-corrected chi connectivity index (χ4v) is 5.14. The molecule has 0 aliphatic heterocycles. The van der Waals surface area contributed by atoms with Gasteiger partial charge in [-0.15, -0.1) is 0 Å². The molecule has 192 valence electrons. The summed E-state index contributed by atoms with van der Waals surface area (Å²) in [6.45, 7) is 0. The number of benzene rings is 3. The summed E-state index contributed by atoms with van der Waals surface area (Å²) in [6.07, 6.45) is -5.01. The molecule has 2 N–H and O–H groups in total. The standard InChI is InChI=1S/C26H20F3NO6S/c27-26(28,29)21-14-25(33)36-23-11-8-17(13-20(21)23)12-16-6-9-19(10-7-16)37(34,35)30-22(15-24(31)32)18-4-2-1-3-5-18/h1-11,13-14,22,30H,12,15H2,(H,31,32). The maximum Gasteiger partial charge on any atom is 0.417 e. The Kier molecular flexibility index (Phi) is 7.19. The molecule has 4 rings (SSSR count). The molecule has 3 aromatic carbocycles. The lowest BCUT2D eigenvalue weighted by Crippen LogP contribution is -2.30. The van der Waals surface area contributed by atoms with E-state index in [0.29, 0.717) is 22.8 Å². The van der Waals surface area contributed by atoms with Crippen molar-refractivity contribution in [3.63, 3.8) is 0 Å². The van der Waals surface area contributed by atoms with Crippen molar-refractivity contribution in [3.8, 4) is 0 Å². The Morgan fingerprint density at radius 3 is 2.22 bits per heavy atom. The van der Waals surface area contributed by atoms with E-state index in [4.69, 9.17) is 4.42 Å². The van der Waals surface area contributed by atoms with Crippen LogP contribution in [0, 0.1) is 0 Å². The Morgan fingerprint density at radius 2 is 1.59 bits per heavy atom. The van der Waals surface area contributed by atoms with Gasteiger partial charge in [0.25, 0.3) is 0 Å². The molecule has 0 aliphatic carbocycles. The van der Waals surface area contributed by atoms with E-state index < -0.39 is 45.8 Å². The number of hydrogen-bond donors (Lipinski definition) is 2. The lowest BCUT2D eigenvalue weighted by molar-refractivity contribution is -0.138. The van der Waals surface area contributed by atoms with Gasteiger partial charge < -0.3 is 9.52 Å². The average molecular weight is 532 g/mol. The molecule has 1 atom stereocenters. The molecule has 0 radical (unpaired) electrons. The molecule has 1 heterocycles. The van der Waals surface area contributed by atoms with Crippen LogP contribution in [0.3, 0.4) is 0 Å². The fourth-order valence-electron chi connectivity index (χ4n) is 3.92. The Balaban J connectivity index is 1.57. The number of rotatable bonds is 8. The summed E-state index contributed by atoms with van der Waals surface area (Å²) in [5.41, 5.74) is -0.778. The lowest BCUT2D eigenvalue weighted by atomic mass is 10.0. The van der Waals surface area contributed by atoms with Crippen molar-refractivity contribution in [1.29, 1.82) is 0 Å². The van der Waals surface area contributed by atoms with Crippen molar-refractivity contribution in [2.75, 3.05) is 0 Å².